The van der Waals surface area contributed by atoms with E-state index in [9.17, 15) is 4.79 Å². The Hall–Kier alpha value is -1.75. The van der Waals surface area contributed by atoms with E-state index in [2.05, 4.69) is 10.2 Å². The van der Waals surface area contributed by atoms with Gasteiger partial charge in [0.1, 0.15) is 11.3 Å². The predicted octanol–water partition coefficient (Wildman–Crippen LogP) is 1.63. The van der Waals surface area contributed by atoms with Gasteiger partial charge in [-0.05, 0) is 44.4 Å². The lowest BCUT2D eigenvalue weighted by molar-refractivity contribution is 0.0894. The van der Waals surface area contributed by atoms with Gasteiger partial charge in [-0.25, -0.2) is 0 Å². The minimum absolute atomic E-state index is 0.124. The Morgan fingerprint density at radius 1 is 1.38 bits per heavy atom. The van der Waals surface area contributed by atoms with E-state index in [1.165, 1.54) is 19.4 Å². The van der Waals surface area contributed by atoms with E-state index < -0.39 is 0 Å². The maximum absolute atomic E-state index is 12.5. The van der Waals surface area contributed by atoms with Gasteiger partial charge < -0.3 is 20.7 Å². The molecule has 0 bridgehead atoms. The van der Waals surface area contributed by atoms with Gasteiger partial charge in [0.15, 0.2) is 0 Å². The van der Waals surface area contributed by atoms with E-state index in [4.69, 9.17) is 10.5 Å². The largest absolute Gasteiger partial charge is 0.496 e. The molecule has 2 atom stereocenters. The topological polar surface area (TPSA) is 67.6 Å². The molecule has 3 N–H and O–H groups in total. The molecule has 3 rings (SSSR count). The van der Waals surface area contributed by atoms with Crippen molar-refractivity contribution in [1.82, 2.24) is 10.2 Å². The van der Waals surface area contributed by atoms with Crippen LogP contribution in [0.2, 0.25) is 0 Å². The standard InChI is InChI=1S/C16H23N3O2/c1-21-14-6-2-5-13(17)15(14)16(20)18-11-7-9-19-8-3-4-12(19)10-11/h2,5-6,11-12H,3-4,7-10,17H2,1H3,(H,18,20). The van der Waals surface area contributed by atoms with Crippen LogP contribution in [0.25, 0.3) is 0 Å². The van der Waals surface area contributed by atoms with Crippen molar-refractivity contribution in [3.05, 3.63) is 23.8 Å². The van der Waals surface area contributed by atoms with Gasteiger partial charge >= 0.3 is 0 Å². The van der Waals surface area contributed by atoms with E-state index in [1.54, 1.807) is 25.3 Å². The number of nitrogens with two attached hydrogens (primary N) is 1. The van der Waals surface area contributed by atoms with Gasteiger partial charge in [0.05, 0.1) is 7.11 Å². The summed E-state index contributed by atoms with van der Waals surface area (Å²) in [7, 11) is 1.56. The number of nitrogen functional groups attached to an aromatic ring is 1. The third kappa shape index (κ3) is 2.83. The lowest BCUT2D eigenvalue weighted by Crippen LogP contribution is -2.47. The van der Waals surface area contributed by atoms with E-state index >= 15 is 0 Å². The zero-order chi connectivity index (χ0) is 14.8. The summed E-state index contributed by atoms with van der Waals surface area (Å²) >= 11 is 0. The quantitative estimate of drug-likeness (QED) is 0.830. The summed E-state index contributed by atoms with van der Waals surface area (Å²) in [6.07, 6.45) is 4.59. The van der Waals surface area contributed by atoms with Gasteiger partial charge in [0, 0.05) is 24.3 Å². The van der Waals surface area contributed by atoms with Crippen LogP contribution < -0.4 is 15.8 Å². The molecule has 21 heavy (non-hydrogen) atoms. The first-order chi connectivity index (χ1) is 10.2. The van der Waals surface area contributed by atoms with E-state index in [1.807, 2.05) is 0 Å². The average Bonchev–Trinajstić information content (AvgIpc) is 2.94. The van der Waals surface area contributed by atoms with Crippen LogP contribution in [0.15, 0.2) is 18.2 Å². The number of hydrogen-bond donors (Lipinski definition) is 2. The summed E-state index contributed by atoms with van der Waals surface area (Å²) in [6.45, 7) is 2.29. The molecule has 2 unspecified atom stereocenters. The van der Waals surface area contributed by atoms with E-state index in [0.29, 0.717) is 23.0 Å². The molecular weight excluding hydrogens is 266 g/mol. The Bertz CT molecular complexity index is 532. The average molecular weight is 289 g/mol. The Labute approximate surface area is 125 Å². The summed E-state index contributed by atoms with van der Waals surface area (Å²) in [5.74, 6) is 0.409. The normalized spacial score (nSPS) is 25.4. The summed E-state index contributed by atoms with van der Waals surface area (Å²) in [5, 5.41) is 3.14. The van der Waals surface area contributed by atoms with Gasteiger partial charge in [-0.2, -0.15) is 0 Å². The summed E-state index contributed by atoms with van der Waals surface area (Å²) in [5.41, 5.74) is 6.86. The van der Waals surface area contributed by atoms with Crippen molar-refractivity contribution in [3.8, 4) is 5.75 Å². The molecule has 5 nitrogen and oxygen atoms in total. The first kappa shape index (κ1) is 14.2. The first-order valence-corrected chi connectivity index (χ1v) is 7.66. The van der Waals surface area contributed by atoms with Gasteiger partial charge in [-0.15, -0.1) is 0 Å². The second-order valence-electron chi connectivity index (χ2n) is 5.95. The van der Waals surface area contributed by atoms with Crippen LogP contribution in [0.3, 0.4) is 0 Å². The van der Waals surface area contributed by atoms with Crippen LogP contribution in [-0.2, 0) is 0 Å². The van der Waals surface area contributed by atoms with Gasteiger partial charge in [0.2, 0.25) is 0 Å². The smallest absolute Gasteiger partial charge is 0.257 e. The highest BCUT2D eigenvalue weighted by molar-refractivity contribution is 6.02. The van der Waals surface area contributed by atoms with Gasteiger partial charge in [-0.1, -0.05) is 6.07 Å². The maximum Gasteiger partial charge on any atom is 0.257 e. The number of methoxy groups -OCH3 is 1. The van der Waals surface area contributed by atoms with Crippen molar-refractivity contribution >= 4 is 11.6 Å². The zero-order valence-corrected chi connectivity index (χ0v) is 12.5. The SMILES string of the molecule is COc1cccc(N)c1C(=O)NC1CCN2CCCC2C1. The van der Waals surface area contributed by atoms with Crippen LogP contribution in [-0.4, -0.2) is 43.1 Å². The molecule has 0 saturated carbocycles. The molecule has 114 valence electrons. The monoisotopic (exact) mass is 289 g/mol. The highest BCUT2D eigenvalue weighted by atomic mass is 16.5. The first-order valence-electron chi connectivity index (χ1n) is 7.66. The molecule has 2 aliphatic heterocycles. The number of nitrogens with zero attached hydrogens (tertiary/aromatic N) is 1. The molecule has 2 fully saturated rings. The summed E-state index contributed by atoms with van der Waals surface area (Å²) in [6, 6.07) is 6.17. The molecule has 1 aromatic carbocycles. The van der Waals surface area contributed by atoms with Crippen molar-refractivity contribution in [2.45, 2.75) is 37.8 Å². The number of fused-ring (bicyclic) bond motifs is 1. The lowest BCUT2D eigenvalue weighted by Gasteiger charge is -2.35. The van der Waals surface area contributed by atoms with Crippen LogP contribution in [0.4, 0.5) is 5.69 Å². The van der Waals surface area contributed by atoms with Crippen molar-refractivity contribution in [1.29, 1.82) is 0 Å². The van der Waals surface area contributed by atoms with Crippen molar-refractivity contribution < 1.29 is 9.53 Å². The molecule has 2 heterocycles. The number of amides is 1. The van der Waals surface area contributed by atoms with Crippen LogP contribution in [0.5, 0.6) is 5.75 Å². The summed E-state index contributed by atoms with van der Waals surface area (Å²) in [4.78, 5) is 15.1. The molecule has 2 aliphatic rings. The number of rotatable bonds is 3. The number of nitrogens with one attached hydrogen (secondary N) is 1. The Morgan fingerprint density at radius 3 is 3.05 bits per heavy atom. The maximum atomic E-state index is 12.5. The minimum atomic E-state index is -0.124. The molecule has 1 aromatic rings. The number of piperidine rings is 1. The van der Waals surface area contributed by atoms with E-state index in [0.717, 1.165) is 19.4 Å². The lowest BCUT2D eigenvalue weighted by atomic mass is 9.97. The molecule has 2 saturated heterocycles. The molecule has 0 aromatic heterocycles. The third-order valence-electron chi connectivity index (χ3n) is 4.66. The van der Waals surface area contributed by atoms with Crippen molar-refractivity contribution in [3.63, 3.8) is 0 Å². The molecule has 0 radical (unpaired) electrons. The molecule has 0 spiro atoms. The number of anilines is 1. The van der Waals surface area contributed by atoms with Gasteiger partial charge in [-0.3, -0.25) is 4.79 Å². The Morgan fingerprint density at radius 2 is 2.24 bits per heavy atom. The van der Waals surface area contributed by atoms with Crippen LogP contribution in [0.1, 0.15) is 36.0 Å². The van der Waals surface area contributed by atoms with Crippen LogP contribution >= 0.6 is 0 Å². The van der Waals surface area contributed by atoms with Crippen LogP contribution in [0, 0.1) is 0 Å². The Kier molecular flexibility index (Phi) is 4.01. The van der Waals surface area contributed by atoms with E-state index in [-0.39, 0.29) is 11.9 Å². The fourth-order valence-corrected chi connectivity index (χ4v) is 3.57. The number of carbonyl (C=O) groups excluding carboxylic acids is 1. The Balaban J connectivity index is 1.69. The number of carbonyl (C=O) groups is 1. The fourth-order valence-electron chi connectivity index (χ4n) is 3.57. The van der Waals surface area contributed by atoms with Crippen molar-refractivity contribution in [2.24, 2.45) is 0 Å². The fraction of sp³-hybridized carbons (Fsp3) is 0.562. The molecule has 5 heteroatoms. The third-order valence-corrected chi connectivity index (χ3v) is 4.66. The van der Waals surface area contributed by atoms with Gasteiger partial charge in [0.25, 0.3) is 5.91 Å². The zero-order valence-electron chi connectivity index (χ0n) is 12.5. The minimum Gasteiger partial charge on any atom is -0.496 e. The molecular formula is C16H23N3O2. The number of ether oxygens (including phenoxy) is 1. The molecule has 0 aliphatic carbocycles. The second kappa shape index (κ2) is 5.93. The summed E-state index contributed by atoms with van der Waals surface area (Å²) < 4.78 is 5.26. The highest BCUT2D eigenvalue weighted by Gasteiger charge is 2.32. The molecule has 1 amide bonds. The van der Waals surface area contributed by atoms with Crippen molar-refractivity contribution in [2.75, 3.05) is 25.9 Å². The second-order valence-corrected chi connectivity index (χ2v) is 5.95. The number of hydrogen-bond acceptors (Lipinski definition) is 4. The number of benzene rings is 1. The predicted molar refractivity (Wildman–Crippen MR) is 82.5 cm³/mol. The highest BCUT2D eigenvalue weighted by Crippen LogP contribution is 2.28.